The van der Waals surface area contributed by atoms with Crippen molar-refractivity contribution in [2.75, 3.05) is 12.8 Å². The van der Waals surface area contributed by atoms with Crippen LogP contribution in [-0.2, 0) is 0 Å². The SMILES string of the molecule is COc1ccc(C(=O)NC2CCCCCC2C)cc1N. The van der Waals surface area contributed by atoms with Crippen LogP contribution in [0.4, 0.5) is 5.69 Å². The lowest BCUT2D eigenvalue weighted by Crippen LogP contribution is -2.38. The van der Waals surface area contributed by atoms with Gasteiger partial charge in [-0.1, -0.05) is 26.2 Å². The van der Waals surface area contributed by atoms with Gasteiger partial charge in [-0.3, -0.25) is 4.79 Å². The Hall–Kier alpha value is -1.71. The van der Waals surface area contributed by atoms with Crippen molar-refractivity contribution in [3.05, 3.63) is 23.8 Å². The number of hydrogen-bond donors (Lipinski definition) is 2. The minimum atomic E-state index is -0.0434. The van der Waals surface area contributed by atoms with Crippen LogP contribution in [0.5, 0.6) is 5.75 Å². The van der Waals surface area contributed by atoms with Crippen molar-refractivity contribution in [3.8, 4) is 5.75 Å². The monoisotopic (exact) mass is 276 g/mol. The van der Waals surface area contributed by atoms with Crippen molar-refractivity contribution >= 4 is 11.6 Å². The Morgan fingerprint density at radius 3 is 2.75 bits per heavy atom. The van der Waals surface area contributed by atoms with Gasteiger partial charge in [0, 0.05) is 11.6 Å². The van der Waals surface area contributed by atoms with E-state index in [1.165, 1.54) is 25.7 Å². The maximum Gasteiger partial charge on any atom is 0.251 e. The molecule has 0 aliphatic heterocycles. The summed E-state index contributed by atoms with van der Waals surface area (Å²) in [6, 6.07) is 5.44. The standard InChI is InChI=1S/C16H24N2O2/c1-11-6-4-3-5-7-14(11)18-16(19)12-8-9-15(20-2)13(17)10-12/h8-11,14H,3-7,17H2,1-2H3,(H,18,19). The maximum absolute atomic E-state index is 12.3. The van der Waals surface area contributed by atoms with Crippen molar-refractivity contribution in [1.29, 1.82) is 0 Å². The molecular weight excluding hydrogens is 252 g/mol. The highest BCUT2D eigenvalue weighted by atomic mass is 16.5. The second kappa shape index (κ2) is 6.64. The number of rotatable bonds is 3. The summed E-state index contributed by atoms with van der Waals surface area (Å²) in [6.07, 6.45) is 5.99. The van der Waals surface area contributed by atoms with E-state index in [4.69, 9.17) is 10.5 Å². The van der Waals surface area contributed by atoms with E-state index in [-0.39, 0.29) is 11.9 Å². The molecule has 0 bridgehead atoms. The van der Waals surface area contributed by atoms with Crippen molar-refractivity contribution in [2.45, 2.75) is 45.1 Å². The highest BCUT2D eigenvalue weighted by Gasteiger charge is 2.22. The van der Waals surface area contributed by atoms with Crippen LogP contribution in [0.2, 0.25) is 0 Å². The number of nitrogen functional groups attached to an aromatic ring is 1. The fraction of sp³-hybridized carbons (Fsp3) is 0.562. The minimum Gasteiger partial charge on any atom is -0.495 e. The molecule has 4 heteroatoms. The summed E-state index contributed by atoms with van der Waals surface area (Å²) in [4.78, 5) is 12.3. The first kappa shape index (κ1) is 14.7. The Labute approximate surface area is 120 Å². The molecule has 0 heterocycles. The van der Waals surface area contributed by atoms with Crippen molar-refractivity contribution in [2.24, 2.45) is 5.92 Å². The van der Waals surface area contributed by atoms with Gasteiger partial charge in [0.25, 0.3) is 5.91 Å². The molecule has 3 N–H and O–H groups in total. The topological polar surface area (TPSA) is 64.3 Å². The molecule has 1 saturated carbocycles. The number of amides is 1. The van der Waals surface area contributed by atoms with E-state index in [1.54, 1.807) is 25.3 Å². The molecule has 2 rings (SSSR count). The summed E-state index contributed by atoms with van der Waals surface area (Å²) in [6.45, 7) is 2.22. The first-order valence-corrected chi connectivity index (χ1v) is 7.36. The number of carbonyl (C=O) groups is 1. The molecule has 0 saturated heterocycles. The van der Waals surface area contributed by atoms with E-state index in [1.807, 2.05) is 0 Å². The summed E-state index contributed by atoms with van der Waals surface area (Å²) in [5, 5.41) is 3.15. The predicted octanol–water partition coefficient (Wildman–Crippen LogP) is 2.98. The van der Waals surface area contributed by atoms with Crippen molar-refractivity contribution < 1.29 is 9.53 Å². The molecule has 110 valence electrons. The van der Waals surface area contributed by atoms with Crippen LogP contribution in [-0.4, -0.2) is 19.1 Å². The fourth-order valence-electron chi connectivity index (χ4n) is 2.83. The number of ether oxygens (including phenoxy) is 1. The van der Waals surface area contributed by atoms with Crippen LogP contribution in [0.3, 0.4) is 0 Å². The van der Waals surface area contributed by atoms with Gasteiger partial charge in [0.05, 0.1) is 12.8 Å². The number of carbonyl (C=O) groups excluding carboxylic acids is 1. The zero-order valence-corrected chi connectivity index (χ0v) is 12.3. The fourth-order valence-corrected chi connectivity index (χ4v) is 2.83. The van der Waals surface area contributed by atoms with E-state index >= 15 is 0 Å². The summed E-state index contributed by atoms with van der Waals surface area (Å²) >= 11 is 0. The van der Waals surface area contributed by atoms with Crippen LogP contribution in [0.15, 0.2) is 18.2 Å². The molecule has 2 unspecified atom stereocenters. The molecule has 0 spiro atoms. The highest BCUT2D eigenvalue weighted by Crippen LogP contribution is 2.25. The molecule has 0 aromatic heterocycles. The van der Waals surface area contributed by atoms with Gasteiger partial charge >= 0.3 is 0 Å². The smallest absolute Gasteiger partial charge is 0.251 e. The van der Waals surface area contributed by atoms with E-state index in [0.29, 0.717) is 22.9 Å². The van der Waals surface area contributed by atoms with Gasteiger partial charge in [0.15, 0.2) is 0 Å². The highest BCUT2D eigenvalue weighted by molar-refractivity contribution is 5.95. The Bertz CT molecular complexity index is 474. The zero-order chi connectivity index (χ0) is 14.5. The lowest BCUT2D eigenvalue weighted by molar-refractivity contribution is 0.0921. The van der Waals surface area contributed by atoms with Crippen LogP contribution >= 0.6 is 0 Å². The second-order valence-corrected chi connectivity index (χ2v) is 5.65. The number of nitrogens with two attached hydrogens (primary N) is 1. The normalized spacial score (nSPS) is 22.9. The zero-order valence-electron chi connectivity index (χ0n) is 12.3. The van der Waals surface area contributed by atoms with Gasteiger partial charge in [-0.05, 0) is 37.0 Å². The Morgan fingerprint density at radius 1 is 1.30 bits per heavy atom. The third kappa shape index (κ3) is 3.44. The molecule has 1 aliphatic carbocycles. The Morgan fingerprint density at radius 2 is 2.05 bits per heavy atom. The van der Waals surface area contributed by atoms with Gasteiger partial charge in [-0.2, -0.15) is 0 Å². The number of anilines is 1. The van der Waals surface area contributed by atoms with Gasteiger partial charge in [-0.15, -0.1) is 0 Å². The number of hydrogen-bond acceptors (Lipinski definition) is 3. The summed E-state index contributed by atoms with van der Waals surface area (Å²) in [5.41, 5.74) is 6.94. The first-order chi connectivity index (χ1) is 9.61. The molecular formula is C16H24N2O2. The number of nitrogens with one attached hydrogen (secondary N) is 1. The quantitative estimate of drug-likeness (QED) is 0.659. The molecule has 1 aromatic carbocycles. The van der Waals surface area contributed by atoms with E-state index in [9.17, 15) is 4.79 Å². The first-order valence-electron chi connectivity index (χ1n) is 7.36. The van der Waals surface area contributed by atoms with Crippen molar-refractivity contribution in [1.82, 2.24) is 5.32 Å². The number of methoxy groups -OCH3 is 1. The predicted molar refractivity (Wildman–Crippen MR) is 80.9 cm³/mol. The van der Waals surface area contributed by atoms with Crippen molar-refractivity contribution in [3.63, 3.8) is 0 Å². The maximum atomic E-state index is 12.3. The molecule has 4 nitrogen and oxygen atoms in total. The molecule has 20 heavy (non-hydrogen) atoms. The number of benzene rings is 1. The van der Waals surface area contributed by atoms with Crippen LogP contribution in [0.25, 0.3) is 0 Å². The average molecular weight is 276 g/mol. The van der Waals surface area contributed by atoms with Crippen LogP contribution in [0, 0.1) is 5.92 Å². The molecule has 1 aliphatic rings. The lowest BCUT2D eigenvalue weighted by atomic mass is 9.96. The summed E-state index contributed by atoms with van der Waals surface area (Å²) < 4.78 is 5.11. The van der Waals surface area contributed by atoms with E-state index in [0.717, 1.165) is 6.42 Å². The third-order valence-electron chi connectivity index (χ3n) is 4.17. The largest absolute Gasteiger partial charge is 0.495 e. The van der Waals surface area contributed by atoms with Gasteiger partial charge in [0.2, 0.25) is 0 Å². The Kier molecular flexibility index (Phi) is 4.88. The van der Waals surface area contributed by atoms with E-state index in [2.05, 4.69) is 12.2 Å². The molecule has 1 fully saturated rings. The molecule has 1 aromatic rings. The molecule has 0 radical (unpaired) electrons. The van der Waals surface area contributed by atoms with Gasteiger partial charge < -0.3 is 15.8 Å². The second-order valence-electron chi connectivity index (χ2n) is 5.65. The molecule has 2 atom stereocenters. The lowest BCUT2D eigenvalue weighted by Gasteiger charge is -2.23. The molecule has 1 amide bonds. The van der Waals surface area contributed by atoms with E-state index < -0.39 is 0 Å². The van der Waals surface area contributed by atoms with Gasteiger partial charge in [0.1, 0.15) is 5.75 Å². The third-order valence-corrected chi connectivity index (χ3v) is 4.17. The minimum absolute atomic E-state index is 0.0434. The van der Waals surface area contributed by atoms with Crippen LogP contribution in [0.1, 0.15) is 49.4 Å². The Balaban J connectivity index is 2.05. The summed E-state index contributed by atoms with van der Waals surface area (Å²) in [7, 11) is 1.57. The van der Waals surface area contributed by atoms with Gasteiger partial charge in [-0.25, -0.2) is 0 Å². The average Bonchev–Trinajstić information content (AvgIpc) is 2.64. The van der Waals surface area contributed by atoms with Crippen LogP contribution < -0.4 is 15.8 Å². The summed E-state index contributed by atoms with van der Waals surface area (Å²) in [5.74, 6) is 1.10.